The minimum absolute atomic E-state index is 0.320. The lowest BCUT2D eigenvalue weighted by atomic mass is 9.98. The maximum atomic E-state index is 14.2. The summed E-state index contributed by atoms with van der Waals surface area (Å²) in [5.74, 6) is -1.60. The maximum absolute atomic E-state index is 14.2. The molecule has 8 heteroatoms. The second-order valence-electron chi connectivity index (χ2n) is 8.57. The fourth-order valence-electron chi connectivity index (χ4n) is 4.11. The summed E-state index contributed by atoms with van der Waals surface area (Å²) in [4.78, 5) is 0. The van der Waals surface area contributed by atoms with Crippen LogP contribution >= 0.6 is 7.37 Å². The molecule has 3 aliphatic heterocycles. The van der Waals surface area contributed by atoms with Gasteiger partial charge in [-0.1, -0.05) is 18.2 Å². The molecule has 27 heavy (non-hydrogen) atoms. The molecule has 3 heterocycles. The molecule has 3 saturated heterocycles. The van der Waals surface area contributed by atoms with Gasteiger partial charge in [0.05, 0.1) is 6.61 Å². The summed E-state index contributed by atoms with van der Waals surface area (Å²) in [5, 5.41) is -0.692. The van der Waals surface area contributed by atoms with E-state index in [1.807, 2.05) is 45.9 Å². The zero-order valence-corrected chi connectivity index (χ0v) is 17.3. The van der Waals surface area contributed by atoms with Gasteiger partial charge in [0.2, 0.25) is 0 Å². The molecule has 0 amide bonds. The minimum Gasteiger partial charge on any atom is -0.348 e. The molecule has 3 aliphatic rings. The summed E-state index contributed by atoms with van der Waals surface area (Å²) >= 11 is 0. The first-order valence-electron chi connectivity index (χ1n) is 9.26. The molecule has 3 fully saturated rings. The highest BCUT2D eigenvalue weighted by Crippen LogP contribution is 2.64. The Morgan fingerprint density at radius 1 is 0.963 bits per heavy atom. The quantitative estimate of drug-likeness (QED) is 0.766. The van der Waals surface area contributed by atoms with Crippen molar-refractivity contribution < 1.29 is 28.0 Å². The summed E-state index contributed by atoms with van der Waals surface area (Å²) in [6, 6.07) is 9.07. The molecule has 2 N–H and O–H groups in total. The molecule has 6 atom stereocenters. The Labute approximate surface area is 159 Å². The molecular weight excluding hydrogens is 369 g/mol. The summed E-state index contributed by atoms with van der Waals surface area (Å²) in [5.41, 5.74) is 6.64. The smallest absolute Gasteiger partial charge is 0.254 e. The van der Waals surface area contributed by atoms with E-state index in [-0.39, 0.29) is 0 Å². The van der Waals surface area contributed by atoms with Crippen LogP contribution in [0.15, 0.2) is 30.3 Å². The van der Waals surface area contributed by atoms with E-state index in [0.29, 0.717) is 11.9 Å². The van der Waals surface area contributed by atoms with Gasteiger partial charge in [-0.15, -0.1) is 0 Å². The van der Waals surface area contributed by atoms with E-state index in [9.17, 15) is 4.57 Å². The predicted molar refractivity (Wildman–Crippen MR) is 99.9 cm³/mol. The molecule has 4 rings (SSSR count). The fraction of sp³-hybridized carbons (Fsp3) is 0.684. The van der Waals surface area contributed by atoms with Crippen molar-refractivity contribution in [2.24, 2.45) is 5.73 Å². The molecule has 7 nitrogen and oxygen atoms in total. The Balaban J connectivity index is 1.78. The van der Waals surface area contributed by atoms with E-state index in [1.54, 1.807) is 19.1 Å². The second-order valence-corrected chi connectivity index (χ2v) is 11.4. The van der Waals surface area contributed by atoms with Crippen molar-refractivity contribution in [3.63, 3.8) is 0 Å². The second kappa shape index (κ2) is 6.10. The predicted octanol–water partition coefficient (Wildman–Crippen LogP) is 2.34. The van der Waals surface area contributed by atoms with Crippen LogP contribution in [-0.2, 0) is 28.0 Å². The van der Waals surface area contributed by atoms with Crippen LogP contribution in [0.25, 0.3) is 0 Å². The topological polar surface area (TPSA) is 89.2 Å². The van der Waals surface area contributed by atoms with Crippen LogP contribution in [0.3, 0.4) is 0 Å². The Kier molecular flexibility index (Phi) is 4.41. The molecule has 0 radical (unpaired) electrons. The fourth-order valence-corrected chi connectivity index (χ4v) is 6.72. The van der Waals surface area contributed by atoms with Gasteiger partial charge in [-0.3, -0.25) is 4.57 Å². The van der Waals surface area contributed by atoms with Gasteiger partial charge in [-0.25, -0.2) is 0 Å². The third kappa shape index (κ3) is 3.10. The van der Waals surface area contributed by atoms with E-state index in [0.717, 1.165) is 0 Å². The molecule has 0 saturated carbocycles. The lowest BCUT2D eigenvalue weighted by Crippen LogP contribution is -2.63. The zero-order chi connectivity index (χ0) is 19.7. The molecule has 1 aromatic carbocycles. The average molecular weight is 397 g/mol. The van der Waals surface area contributed by atoms with Crippen LogP contribution in [0.1, 0.15) is 34.6 Å². The van der Waals surface area contributed by atoms with Crippen LogP contribution < -0.4 is 11.0 Å². The number of rotatable bonds is 2. The first-order chi connectivity index (χ1) is 12.5. The van der Waals surface area contributed by atoms with Crippen molar-refractivity contribution in [2.45, 2.75) is 75.9 Å². The third-order valence-electron chi connectivity index (χ3n) is 5.43. The first-order valence-corrected chi connectivity index (χ1v) is 10.9. The van der Waals surface area contributed by atoms with Crippen LogP contribution in [0.4, 0.5) is 0 Å². The van der Waals surface area contributed by atoms with Crippen molar-refractivity contribution in [1.82, 2.24) is 0 Å². The van der Waals surface area contributed by atoms with Crippen molar-refractivity contribution >= 4 is 12.7 Å². The standard InChI is InChI=1S/C19H28NO6P/c1-17(2)22-11-13(23-17)14-15-16(25-18(3,4)24-15)19(5,20)27(21,26-14)12-9-7-6-8-10-12/h6-10,13-16H,11,20H2,1-5H3/t13-,14-,15+,16+,19-,27?/m1/s1. The Bertz CT molecular complexity index is 765. The number of nitrogens with two attached hydrogens (primary N) is 1. The van der Waals surface area contributed by atoms with Gasteiger partial charge < -0.3 is 29.2 Å². The van der Waals surface area contributed by atoms with Crippen LogP contribution in [0.5, 0.6) is 0 Å². The normalized spacial score (nSPS) is 45.6. The van der Waals surface area contributed by atoms with Gasteiger partial charge in [0, 0.05) is 5.30 Å². The highest BCUT2D eigenvalue weighted by molar-refractivity contribution is 7.68. The SMILES string of the molecule is CC1(C)OC[C@H]([C@H]2OP(=O)(c3ccccc3)[C@@](C)(N)[C@H]3OC(C)(C)O[C@@H]23)O1. The summed E-state index contributed by atoms with van der Waals surface area (Å²) < 4.78 is 44.5. The highest BCUT2D eigenvalue weighted by atomic mass is 31.2. The lowest BCUT2D eigenvalue weighted by Gasteiger charge is -2.48. The Morgan fingerprint density at radius 3 is 2.22 bits per heavy atom. The van der Waals surface area contributed by atoms with E-state index in [4.69, 9.17) is 29.2 Å². The number of ether oxygens (including phenoxy) is 4. The Morgan fingerprint density at radius 2 is 1.63 bits per heavy atom. The molecule has 0 spiro atoms. The maximum Gasteiger partial charge on any atom is 0.254 e. The monoisotopic (exact) mass is 397 g/mol. The molecule has 1 aromatic rings. The summed E-state index contributed by atoms with van der Waals surface area (Å²) in [6.07, 6.45) is -2.17. The largest absolute Gasteiger partial charge is 0.348 e. The molecule has 0 bridgehead atoms. The Hall–Kier alpha value is -0.790. The van der Waals surface area contributed by atoms with Crippen molar-refractivity contribution in [2.75, 3.05) is 6.61 Å². The van der Waals surface area contributed by atoms with Crippen LogP contribution in [0, 0.1) is 0 Å². The van der Waals surface area contributed by atoms with Gasteiger partial charge >= 0.3 is 0 Å². The zero-order valence-electron chi connectivity index (χ0n) is 16.4. The summed E-state index contributed by atoms with van der Waals surface area (Å²) in [7, 11) is -3.51. The summed E-state index contributed by atoms with van der Waals surface area (Å²) in [6.45, 7) is 9.36. The molecule has 0 aliphatic carbocycles. The van der Waals surface area contributed by atoms with E-state index in [1.165, 1.54) is 0 Å². The van der Waals surface area contributed by atoms with Gasteiger partial charge in [-0.2, -0.15) is 0 Å². The van der Waals surface area contributed by atoms with Crippen LogP contribution in [-0.4, -0.2) is 47.9 Å². The highest BCUT2D eigenvalue weighted by Gasteiger charge is 2.66. The van der Waals surface area contributed by atoms with Gasteiger partial charge in [-0.05, 0) is 46.8 Å². The number of benzene rings is 1. The third-order valence-corrected chi connectivity index (χ3v) is 8.47. The number of fused-ring (bicyclic) bond motifs is 1. The lowest BCUT2D eigenvalue weighted by molar-refractivity contribution is -0.174. The van der Waals surface area contributed by atoms with E-state index in [2.05, 4.69) is 0 Å². The minimum atomic E-state index is -3.51. The van der Waals surface area contributed by atoms with Crippen molar-refractivity contribution in [1.29, 1.82) is 0 Å². The molecule has 150 valence electrons. The number of hydrogen-bond acceptors (Lipinski definition) is 7. The van der Waals surface area contributed by atoms with Crippen molar-refractivity contribution in [3.8, 4) is 0 Å². The van der Waals surface area contributed by atoms with Gasteiger partial charge in [0.15, 0.2) is 11.6 Å². The van der Waals surface area contributed by atoms with Gasteiger partial charge in [0.1, 0.15) is 29.7 Å². The first kappa shape index (κ1) is 19.5. The van der Waals surface area contributed by atoms with Crippen LogP contribution in [0.2, 0.25) is 0 Å². The average Bonchev–Trinajstić information content (AvgIpc) is 3.11. The van der Waals surface area contributed by atoms with E-state index >= 15 is 0 Å². The van der Waals surface area contributed by atoms with Gasteiger partial charge in [0.25, 0.3) is 7.37 Å². The van der Waals surface area contributed by atoms with Crippen molar-refractivity contribution in [3.05, 3.63) is 30.3 Å². The molecular formula is C19H28NO6P. The number of hydrogen-bond donors (Lipinski definition) is 1. The molecule has 0 aromatic heterocycles. The molecule has 1 unspecified atom stereocenters. The van der Waals surface area contributed by atoms with E-state index < -0.39 is 48.6 Å².